The molecule has 0 saturated heterocycles. The molecule has 1 aromatic rings. The zero-order chi connectivity index (χ0) is 12.8. The van der Waals surface area contributed by atoms with Crippen molar-refractivity contribution in [3.63, 3.8) is 0 Å². The number of hydrogen-bond acceptors (Lipinski definition) is 4. The lowest BCUT2D eigenvalue weighted by atomic mass is 10.2. The molecule has 0 fully saturated rings. The quantitative estimate of drug-likeness (QED) is 0.624. The van der Waals surface area contributed by atoms with E-state index in [0.717, 1.165) is 0 Å². The first-order valence-corrected chi connectivity index (χ1v) is 5.86. The number of pyridine rings is 1. The van der Waals surface area contributed by atoms with Crippen LogP contribution in [-0.2, 0) is 9.53 Å². The first-order valence-electron chi connectivity index (χ1n) is 5.07. The van der Waals surface area contributed by atoms with E-state index in [1.54, 1.807) is 26.1 Å². The van der Waals surface area contributed by atoms with Gasteiger partial charge in [-0.2, -0.15) is 0 Å². The molecule has 0 unspecified atom stereocenters. The van der Waals surface area contributed by atoms with E-state index < -0.39 is 5.97 Å². The second-order valence-corrected chi connectivity index (χ2v) is 4.15. The van der Waals surface area contributed by atoms with E-state index in [1.807, 2.05) is 0 Å². The van der Waals surface area contributed by atoms with E-state index >= 15 is 0 Å². The predicted octanol–water partition coefficient (Wildman–Crippen LogP) is 1.48. The third-order valence-electron chi connectivity index (χ3n) is 1.99. The van der Waals surface area contributed by atoms with Crippen LogP contribution in [-0.4, -0.2) is 42.0 Å². The molecule has 0 N–H and O–H groups in total. The molecule has 1 aromatic heterocycles. The Kier molecular flexibility index (Phi) is 5.09. The van der Waals surface area contributed by atoms with Crippen LogP contribution in [0.15, 0.2) is 22.9 Å². The number of carbonyl (C=O) groups is 2. The number of aromatic nitrogens is 1. The van der Waals surface area contributed by atoms with Gasteiger partial charge < -0.3 is 9.64 Å². The molecule has 0 saturated carbocycles. The Morgan fingerprint density at radius 2 is 2.18 bits per heavy atom. The number of esters is 1. The standard InChI is InChI=1S/C11H13BrN2O3/c1-3-17-10(15)7-14(2)11(16)8-4-5-9(12)13-6-8/h4-6H,3,7H2,1-2H3. The van der Waals surface area contributed by atoms with Crippen molar-refractivity contribution in [2.24, 2.45) is 0 Å². The van der Waals surface area contributed by atoms with Gasteiger partial charge in [-0.25, -0.2) is 4.98 Å². The fraction of sp³-hybridized carbons (Fsp3) is 0.364. The Balaban J connectivity index is 2.63. The maximum atomic E-state index is 11.9. The second-order valence-electron chi connectivity index (χ2n) is 3.34. The summed E-state index contributed by atoms with van der Waals surface area (Å²) < 4.78 is 5.42. The Morgan fingerprint density at radius 1 is 1.47 bits per heavy atom. The number of nitrogens with zero attached hydrogens (tertiary/aromatic N) is 2. The molecule has 0 aliphatic carbocycles. The van der Waals surface area contributed by atoms with Crippen LogP contribution < -0.4 is 0 Å². The molecule has 6 heteroatoms. The highest BCUT2D eigenvalue weighted by Gasteiger charge is 2.15. The molecule has 1 rings (SSSR count). The zero-order valence-corrected chi connectivity index (χ0v) is 11.2. The summed E-state index contributed by atoms with van der Waals surface area (Å²) in [6, 6.07) is 3.31. The van der Waals surface area contributed by atoms with E-state index in [2.05, 4.69) is 20.9 Å². The Bertz CT molecular complexity index is 406. The highest BCUT2D eigenvalue weighted by molar-refractivity contribution is 9.10. The fourth-order valence-electron chi connectivity index (χ4n) is 1.19. The van der Waals surface area contributed by atoms with Crippen LogP contribution in [0.3, 0.4) is 0 Å². The van der Waals surface area contributed by atoms with Gasteiger partial charge in [0.25, 0.3) is 5.91 Å². The molecule has 0 aliphatic heterocycles. The smallest absolute Gasteiger partial charge is 0.325 e. The molecular weight excluding hydrogens is 288 g/mol. The Labute approximate surface area is 108 Å². The summed E-state index contributed by atoms with van der Waals surface area (Å²) in [5, 5.41) is 0. The third kappa shape index (κ3) is 4.14. The molecule has 0 radical (unpaired) electrons. The van der Waals surface area contributed by atoms with Gasteiger partial charge >= 0.3 is 5.97 Å². The van der Waals surface area contributed by atoms with E-state index in [9.17, 15) is 9.59 Å². The minimum atomic E-state index is -0.423. The van der Waals surface area contributed by atoms with Crippen molar-refractivity contribution in [1.29, 1.82) is 0 Å². The summed E-state index contributed by atoms with van der Waals surface area (Å²) >= 11 is 3.18. The number of hydrogen-bond donors (Lipinski definition) is 0. The van der Waals surface area contributed by atoms with Crippen molar-refractivity contribution >= 4 is 27.8 Å². The van der Waals surface area contributed by atoms with Crippen LogP contribution in [0.25, 0.3) is 0 Å². The van der Waals surface area contributed by atoms with Gasteiger partial charge in [0.05, 0.1) is 12.2 Å². The van der Waals surface area contributed by atoms with Gasteiger partial charge in [0.2, 0.25) is 0 Å². The van der Waals surface area contributed by atoms with Crippen LogP contribution in [0.1, 0.15) is 17.3 Å². The van der Waals surface area contributed by atoms with Crippen LogP contribution in [0, 0.1) is 0 Å². The minimum absolute atomic E-state index is 0.0667. The van der Waals surface area contributed by atoms with Gasteiger partial charge in [0.1, 0.15) is 11.1 Å². The molecule has 0 aromatic carbocycles. The van der Waals surface area contributed by atoms with E-state index in [1.165, 1.54) is 11.1 Å². The number of carbonyl (C=O) groups excluding carboxylic acids is 2. The van der Waals surface area contributed by atoms with Crippen molar-refractivity contribution in [1.82, 2.24) is 9.88 Å². The van der Waals surface area contributed by atoms with Gasteiger partial charge in [-0.3, -0.25) is 9.59 Å². The van der Waals surface area contributed by atoms with E-state index in [-0.39, 0.29) is 12.5 Å². The molecule has 1 amide bonds. The number of amides is 1. The van der Waals surface area contributed by atoms with Crippen LogP contribution in [0.2, 0.25) is 0 Å². The average molecular weight is 301 g/mol. The maximum Gasteiger partial charge on any atom is 0.325 e. The molecular formula is C11H13BrN2O3. The summed E-state index contributed by atoms with van der Waals surface area (Å²) in [6.45, 7) is 1.96. The van der Waals surface area contributed by atoms with Crippen molar-refractivity contribution < 1.29 is 14.3 Å². The molecule has 1 heterocycles. The SMILES string of the molecule is CCOC(=O)CN(C)C(=O)c1ccc(Br)nc1. The average Bonchev–Trinajstić information content (AvgIpc) is 2.29. The number of rotatable bonds is 4. The van der Waals surface area contributed by atoms with Gasteiger partial charge in [-0.05, 0) is 35.0 Å². The summed E-state index contributed by atoms with van der Waals surface area (Å²) in [6.07, 6.45) is 1.45. The molecule has 0 bridgehead atoms. The van der Waals surface area contributed by atoms with Gasteiger partial charge in [0, 0.05) is 13.2 Å². The number of halogens is 1. The summed E-state index contributed by atoms with van der Waals surface area (Å²) in [7, 11) is 1.54. The number of ether oxygens (including phenoxy) is 1. The first kappa shape index (κ1) is 13.6. The largest absolute Gasteiger partial charge is 0.465 e. The van der Waals surface area contributed by atoms with Gasteiger partial charge in [0.15, 0.2) is 0 Å². The van der Waals surface area contributed by atoms with E-state index in [0.29, 0.717) is 16.8 Å². The third-order valence-corrected chi connectivity index (χ3v) is 2.46. The van der Waals surface area contributed by atoms with Gasteiger partial charge in [-0.15, -0.1) is 0 Å². The molecule has 0 spiro atoms. The summed E-state index contributed by atoms with van der Waals surface area (Å²) in [5.74, 6) is -0.688. The molecule has 0 atom stereocenters. The summed E-state index contributed by atoms with van der Waals surface area (Å²) in [4.78, 5) is 28.3. The molecule has 92 valence electrons. The molecule has 17 heavy (non-hydrogen) atoms. The molecule has 5 nitrogen and oxygen atoms in total. The lowest BCUT2D eigenvalue weighted by molar-refractivity contribution is -0.143. The van der Waals surface area contributed by atoms with Gasteiger partial charge in [-0.1, -0.05) is 0 Å². The maximum absolute atomic E-state index is 11.9. The highest BCUT2D eigenvalue weighted by Crippen LogP contribution is 2.08. The normalized spacial score (nSPS) is 9.82. The zero-order valence-electron chi connectivity index (χ0n) is 9.64. The van der Waals surface area contributed by atoms with Crippen molar-refractivity contribution in [2.45, 2.75) is 6.92 Å². The first-order chi connectivity index (χ1) is 8.04. The second kappa shape index (κ2) is 6.34. The molecule has 0 aliphatic rings. The monoisotopic (exact) mass is 300 g/mol. The Hall–Kier alpha value is -1.43. The number of likely N-dealkylation sites (N-methyl/N-ethyl adjacent to an activating group) is 1. The summed E-state index contributed by atoms with van der Waals surface area (Å²) in [5.41, 5.74) is 0.431. The lowest BCUT2D eigenvalue weighted by Gasteiger charge is -2.15. The van der Waals surface area contributed by atoms with Crippen molar-refractivity contribution in [2.75, 3.05) is 20.2 Å². The topological polar surface area (TPSA) is 59.5 Å². The van der Waals surface area contributed by atoms with Crippen LogP contribution >= 0.6 is 15.9 Å². The van der Waals surface area contributed by atoms with E-state index in [4.69, 9.17) is 4.74 Å². The van der Waals surface area contributed by atoms with Crippen LogP contribution in [0.4, 0.5) is 0 Å². The predicted molar refractivity (Wildman–Crippen MR) is 65.5 cm³/mol. The Morgan fingerprint density at radius 3 is 2.71 bits per heavy atom. The lowest BCUT2D eigenvalue weighted by Crippen LogP contribution is -2.33. The highest BCUT2D eigenvalue weighted by atomic mass is 79.9. The fourth-order valence-corrected chi connectivity index (χ4v) is 1.43. The van der Waals surface area contributed by atoms with Crippen LogP contribution in [0.5, 0.6) is 0 Å². The van der Waals surface area contributed by atoms with Crippen molar-refractivity contribution in [3.05, 3.63) is 28.5 Å². The van der Waals surface area contributed by atoms with Crippen molar-refractivity contribution in [3.8, 4) is 0 Å². The minimum Gasteiger partial charge on any atom is -0.465 e.